The molecule has 3 rings (SSSR count). The Kier molecular flexibility index (Phi) is 3.29. The molecule has 0 N–H and O–H groups in total. The van der Waals surface area contributed by atoms with E-state index < -0.39 is 0 Å². The first-order valence-corrected chi connectivity index (χ1v) is 7.20. The quantitative estimate of drug-likeness (QED) is 0.697. The second-order valence-electron chi connectivity index (χ2n) is 5.79. The first kappa shape index (κ1) is 12.6. The van der Waals surface area contributed by atoms with Gasteiger partial charge in [0.15, 0.2) is 5.78 Å². The molecule has 0 radical (unpaired) electrons. The largest absolute Gasteiger partial charge is 0.486 e. The molecule has 0 unspecified atom stereocenters. The van der Waals surface area contributed by atoms with Gasteiger partial charge in [0.25, 0.3) is 0 Å². The van der Waals surface area contributed by atoms with Crippen LogP contribution in [0.5, 0.6) is 5.75 Å². The van der Waals surface area contributed by atoms with E-state index in [0.29, 0.717) is 17.7 Å². The van der Waals surface area contributed by atoms with E-state index in [9.17, 15) is 9.18 Å². The maximum Gasteiger partial charge on any atom is 0.170 e. The van der Waals surface area contributed by atoms with E-state index in [4.69, 9.17) is 4.74 Å². The van der Waals surface area contributed by atoms with E-state index >= 15 is 0 Å². The molecule has 1 spiro atoms. The van der Waals surface area contributed by atoms with Crippen LogP contribution in [-0.2, 0) is 0 Å². The molecule has 1 aliphatic carbocycles. The van der Waals surface area contributed by atoms with Gasteiger partial charge < -0.3 is 4.74 Å². The summed E-state index contributed by atoms with van der Waals surface area (Å²) in [6, 6.07) is 4.23. The van der Waals surface area contributed by atoms with Gasteiger partial charge in [0.2, 0.25) is 0 Å². The summed E-state index contributed by atoms with van der Waals surface area (Å²) in [5, 5.41) is 0. The number of fused-ring (bicyclic) bond motifs is 1. The summed E-state index contributed by atoms with van der Waals surface area (Å²) in [6.07, 6.45) is 8.14. The number of rotatable bonds is 0. The van der Waals surface area contributed by atoms with Gasteiger partial charge in [0.05, 0.1) is 12.0 Å². The lowest BCUT2D eigenvalue weighted by molar-refractivity contribution is 0.0213. The van der Waals surface area contributed by atoms with Gasteiger partial charge in [-0.3, -0.25) is 4.79 Å². The van der Waals surface area contributed by atoms with Crippen LogP contribution in [0.1, 0.15) is 61.7 Å². The molecular weight excluding hydrogens is 243 g/mol. The van der Waals surface area contributed by atoms with E-state index in [2.05, 4.69) is 0 Å². The highest BCUT2D eigenvalue weighted by molar-refractivity contribution is 6.00. The maximum atomic E-state index is 13.3. The Balaban J connectivity index is 1.91. The van der Waals surface area contributed by atoms with E-state index in [-0.39, 0.29) is 17.2 Å². The van der Waals surface area contributed by atoms with Crippen molar-refractivity contribution < 1.29 is 13.9 Å². The fraction of sp³-hybridized carbons (Fsp3) is 0.562. The van der Waals surface area contributed by atoms with Gasteiger partial charge in [-0.25, -0.2) is 4.39 Å². The number of hydrogen-bond acceptors (Lipinski definition) is 2. The molecule has 1 aromatic carbocycles. The molecule has 0 aromatic heterocycles. The zero-order valence-electron chi connectivity index (χ0n) is 11.1. The number of Topliss-reactive ketones (excluding diaryl/α,β-unsaturated/α-hetero) is 1. The molecule has 0 atom stereocenters. The van der Waals surface area contributed by atoms with Gasteiger partial charge in [-0.05, 0) is 37.8 Å². The van der Waals surface area contributed by atoms with Crippen LogP contribution in [-0.4, -0.2) is 11.4 Å². The highest BCUT2D eigenvalue weighted by Gasteiger charge is 2.40. The molecule has 1 fully saturated rings. The molecule has 0 saturated heterocycles. The average Bonchev–Trinajstić information content (AvgIpc) is 2.34. The zero-order chi connectivity index (χ0) is 13.3. The highest BCUT2D eigenvalue weighted by atomic mass is 19.1. The SMILES string of the molecule is O=C1CC2(CCCCCCC2)Oc2cc(F)ccc21. The van der Waals surface area contributed by atoms with E-state index in [1.54, 1.807) is 6.07 Å². The van der Waals surface area contributed by atoms with E-state index in [0.717, 1.165) is 25.7 Å². The average molecular weight is 262 g/mol. The maximum absolute atomic E-state index is 13.3. The molecule has 0 amide bonds. The lowest BCUT2D eigenvalue weighted by atomic mass is 9.80. The van der Waals surface area contributed by atoms with Crippen molar-refractivity contribution in [1.29, 1.82) is 0 Å². The van der Waals surface area contributed by atoms with Gasteiger partial charge in [0, 0.05) is 6.07 Å². The van der Waals surface area contributed by atoms with Crippen LogP contribution in [0.25, 0.3) is 0 Å². The van der Waals surface area contributed by atoms with Crippen LogP contribution in [0, 0.1) is 5.82 Å². The molecule has 3 heteroatoms. The lowest BCUT2D eigenvalue weighted by Crippen LogP contribution is -2.42. The fourth-order valence-electron chi connectivity index (χ4n) is 3.30. The molecule has 2 aliphatic rings. The minimum absolute atomic E-state index is 0.0989. The molecule has 1 heterocycles. The van der Waals surface area contributed by atoms with Crippen molar-refractivity contribution in [3.63, 3.8) is 0 Å². The first-order valence-electron chi connectivity index (χ1n) is 7.20. The molecule has 1 aromatic rings. The van der Waals surface area contributed by atoms with Gasteiger partial charge in [-0.15, -0.1) is 0 Å². The van der Waals surface area contributed by atoms with Crippen LogP contribution in [0.3, 0.4) is 0 Å². The predicted octanol–water partition coefficient (Wildman–Crippen LogP) is 4.27. The van der Waals surface area contributed by atoms with Crippen LogP contribution >= 0.6 is 0 Å². The number of ether oxygens (including phenoxy) is 1. The third-order valence-corrected chi connectivity index (χ3v) is 4.32. The van der Waals surface area contributed by atoms with Gasteiger partial charge >= 0.3 is 0 Å². The number of carbonyl (C=O) groups excluding carboxylic acids is 1. The van der Waals surface area contributed by atoms with Gasteiger partial charge in [-0.1, -0.05) is 19.3 Å². The standard InChI is InChI=1S/C16H19FO2/c17-12-6-7-13-14(18)11-16(19-15(13)10-12)8-4-2-1-3-5-9-16/h6-7,10H,1-5,8-9,11H2. The monoisotopic (exact) mass is 262 g/mol. The van der Waals surface area contributed by atoms with Crippen molar-refractivity contribution >= 4 is 5.78 Å². The molecule has 19 heavy (non-hydrogen) atoms. The highest BCUT2D eigenvalue weighted by Crippen LogP contribution is 2.40. The fourth-order valence-corrected chi connectivity index (χ4v) is 3.30. The topological polar surface area (TPSA) is 26.3 Å². The van der Waals surface area contributed by atoms with Crippen molar-refractivity contribution in [3.05, 3.63) is 29.6 Å². The Morgan fingerprint density at radius 1 is 1.05 bits per heavy atom. The predicted molar refractivity (Wildman–Crippen MR) is 71.0 cm³/mol. The summed E-state index contributed by atoms with van der Waals surface area (Å²) in [4.78, 5) is 12.3. The molecule has 1 saturated carbocycles. The Hall–Kier alpha value is -1.38. The Morgan fingerprint density at radius 3 is 2.47 bits per heavy atom. The van der Waals surface area contributed by atoms with Crippen LogP contribution in [0.2, 0.25) is 0 Å². The third kappa shape index (κ3) is 2.51. The first-order chi connectivity index (χ1) is 9.19. The van der Waals surface area contributed by atoms with Crippen molar-refractivity contribution in [3.8, 4) is 5.75 Å². The smallest absolute Gasteiger partial charge is 0.170 e. The number of hydrogen-bond donors (Lipinski definition) is 0. The number of halogens is 1. The molecule has 2 nitrogen and oxygen atoms in total. The molecular formula is C16H19FO2. The van der Waals surface area contributed by atoms with Crippen molar-refractivity contribution in [2.24, 2.45) is 0 Å². The molecule has 102 valence electrons. The van der Waals surface area contributed by atoms with Crippen molar-refractivity contribution in [2.75, 3.05) is 0 Å². The Bertz CT molecular complexity index is 488. The van der Waals surface area contributed by atoms with Crippen LogP contribution < -0.4 is 4.74 Å². The second-order valence-corrected chi connectivity index (χ2v) is 5.79. The molecule has 0 bridgehead atoms. The van der Waals surface area contributed by atoms with Crippen molar-refractivity contribution in [2.45, 2.75) is 57.0 Å². The van der Waals surface area contributed by atoms with Crippen LogP contribution in [0.15, 0.2) is 18.2 Å². The van der Waals surface area contributed by atoms with E-state index in [1.807, 2.05) is 0 Å². The zero-order valence-corrected chi connectivity index (χ0v) is 11.1. The minimum Gasteiger partial charge on any atom is -0.486 e. The molecule has 1 aliphatic heterocycles. The van der Waals surface area contributed by atoms with E-state index in [1.165, 1.54) is 31.4 Å². The summed E-state index contributed by atoms with van der Waals surface area (Å²) in [5.41, 5.74) is 0.159. The summed E-state index contributed by atoms with van der Waals surface area (Å²) in [7, 11) is 0. The summed E-state index contributed by atoms with van der Waals surface area (Å²) < 4.78 is 19.4. The third-order valence-electron chi connectivity index (χ3n) is 4.32. The Labute approximate surface area is 113 Å². The van der Waals surface area contributed by atoms with Crippen LogP contribution in [0.4, 0.5) is 4.39 Å². The normalized spacial score (nSPS) is 22.3. The van der Waals surface area contributed by atoms with Crippen molar-refractivity contribution in [1.82, 2.24) is 0 Å². The van der Waals surface area contributed by atoms with Gasteiger partial charge in [-0.2, -0.15) is 0 Å². The summed E-state index contributed by atoms with van der Waals surface area (Å²) >= 11 is 0. The van der Waals surface area contributed by atoms with Gasteiger partial charge in [0.1, 0.15) is 17.2 Å². The lowest BCUT2D eigenvalue weighted by Gasteiger charge is -2.39. The summed E-state index contributed by atoms with van der Waals surface area (Å²) in [6.45, 7) is 0. The number of carbonyl (C=O) groups is 1. The summed E-state index contributed by atoms with van der Waals surface area (Å²) in [5.74, 6) is 0.202. The minimum atomic E-state index is -0.377. The second kappa shape index (κ2) is 4.95. The number of ketones is 1. The Morgan fingerprint density at radius 2 is 1.74 bits per heavy atom. The number of benzene rings is 1.